The Kier molecular flexibility index (Phi) is 4.81. The van der Waals surface area contributed by atoms with E-state index in [4.69, 9.17) is 0 Å². The number of piperidine rings is 1. The molecule has 0 bridgehead atoms. The van der Waals surface area contributed by atoms with Gasteiger partial charge >= 0.3 is 0 Å². The standard InChI is InChI=1S/C18H28N2O2S/c1-13-4-5-16-11-14(2)18(17(16)10-13)19-12-15-6-8-20(9-7-15)23(3,21)22/h4-5,10,14-15,18-19H,6-9,11-12H2,1-3H3. The van der Waals surface area contributed by atoms with Crippen LogP contribution in [0.2, 0.25) is 0 Å². The second-order valence-electron chi connectivity index (χ2n) is 7.38. The minimum absolute atomic E-state index is 0.442. The third kappa shape index (κ3) is 3.78. The van der Waals surface area contributed by atoms with E-state index in [2.05, 4.69) is 37.4 Å². The number of rotatable bonds is 4. The van der Waals surface area contributed by atoms with Gasteiger partial charge in [-0.2, -0.15) is 0 Å². The Bertz CT molecular complexity index is 664. The molecule has 1 aromatic carbocycles. The van der Waals surface area contributed by atoms with E-state index in [0.29, 0.717) is 31.0 Å². The molecule has 2 atom stereocenters. The van der Waals surface area contributed by atoms with Gasteiger partial charge in [0.15, 0.2) is 0 Å². The molecule has 1 saturated heterocycles. The van der Waals surface area contributed by atoms with Gasteiger partial charge in [-0.15, -0.1) is 0 Å². The first-order valence-corrected chi connectivity index (χ1v) is 10.5. The van der Waals surface area contributed by atoms with Gasteiger partial charge in [0.1, 0.15) is 0 Å². The van der Waals surface area contributed by atoms with Gasteiger partial charge in [0.2, 0.25) is 10.0 Å². The molecule has 0 amide bonds. The molecule has 128 valence electrons. The molecule has 23 heavy (non-hydrogen) atoms. The van der Waals surface area contributed by atoms with Crippen molar-refractivity contribution in [3.63, 3.8) is 0 Å². The SMILES string of the molecule is Cc1ccc2c(c1)C(NCC1CCN(S(C)(=O)=O)CC1)C(C)C2. The summed E-state index contributed by atoms with van der Waals surface area (Å²) in [6.07, 6.45) is 4.38. The highest BCUT2D eigenvalue weighted by atomic mass is 32.2. The summed E-state index contributed by atoms with van der Waals surface area (Å²) < 4.78 is 24.8. The summed E-state index contributed by atoms with van der Waals surface area (Å²) in [5.41, 5.74) is 4.27. The van der Waals surface area contributed by atoms with Gasteiger partial charge in [0, 0.05) is 19.1 Å². The van der Waals surface area contributed by atoms with E-state index in [1.807, 2.05) is 0 Å². The summed E-state index contributed by atoms with van der Waals surface area (Å²) in [5, 5.41) is 3.77. The first kappa shape index (κ1) is 16.9. The Morgan fingerprint density at radius 2 is 1.96 bits per heavy atom. The number of aryl methyl sites for hydroxylation is 1. The third-order valence-electron chi connectivity index (χ3n) is 5.42. The molecule has 0 aromatic heterocycles. The predicted octanol–water partition coefficient (Wildman–Crippen LogP) is 2.49. The van der Waals surface area contributed by atoms with Crippen molar-refractivity contribution in [1.82, 2.24) is 9.62 Å². The fourth-order valence-electron chi connectivity index (χ4n) is 4.01. The highest BCUT2D eigenvalue weighted by Crippen LogP contribution is 2.36. The second kappa shape index (κ2) is 6.54. The zero-order valence-electron chi connectivity index (χ0n) is 14.4. The van der Waals surface area contributed by atoms with E-state index < -0.39 is 10.0 Å². The molecule has 1 aliphatic heterocycles. The van der Waals surface area contributed by atoms with Crippen molar-refractivity contribution in [3.05, 3.63) is 34.9 Å². The summed E-state index contributed by atoms with van der Waals surface area (Å²) in [5.74, 6) is 1.21. The predicted molar refractivity (Wildman–Crippen MR) is 93.9 cm³/mol. The van der Waals surface area contributed by atoms with E-state index in [1.54, 1.807) is 4.31 Å². The molecule has 1 aliphatic carbocycles. The molecule has 0 saturated carbocycles. The van der Waals surface area contributed by atoms with Gasteiger partial charge in [0.25, 0.3) is 0 Å². The molecule has 5 heteroatoms. The first-order chi connectivity index (χ1) is 10.8. The minimum Gasteiger partial charge on any atom is -0.309 e. The van der Waals surface area contributed by atoms with Crippen molar-refractivity contribution in [3.8, 4) is 0 Å². The lowest BCUT2D eigenvalue weighted by molar-refractivity contribution is 0.256. The average molecular weight is 337 g/mol. The maximum atomic E-state index is 11.6. The van der Waals surface area contributed by atoms with Crippen LogP contribution in [0.4, 0.5) is 0 Å². The van der Waals surface area contributed by atoms with E-state index in [0.717, 1.165) is 25.8 Å². The molecule has 2 unspecified atom stereocenters. The quantitative estimate of drug-likeness (QED) is 0.919. The van der Waals surface area contributed by atoms with Gasteiger partial charge in [0.05, 0.1) is 6.26 Å². The van der Waals surface area contributed by atoms with Crippen LogP contribution in [0.25, 0.3) is 0 Å². The molecular formula is C18H28N2O2S. The largest absolute Gasteiger partial charge is 0.309 e. The smallest absolute Gasteiger partial charge is 0.211 e. The van der Waals surface area contributed by atoms with Crippen LogP contribution in [0.15, 0.2) is 18.2 Å². The van der Waals surface area contributed by atoms with Crippen molar-refractivity contribution < 1.29 is 8.42 Å². The molecule has 0 radical (unpaired) electrons. The highest BCUT2D eigenvalue weighted by molar-refractivity contribution is 7.88. The lowest BCUT2D eigenvalue weighted by atomic mass is 9.96. The normalized spacial score (nSPS) is 26.4. The summed E-state index contributed by atoms with van der Waals surface area (Å²) in [7, 11) is -3.02. The number of sulfonamides is 1. The van der Waals surface area contributed by atoms with E-state index in [1.165, 1.54) is 22.9 Å². The van der Waals surface area contributed by atoms with Crippen molar-refractivity contribution in [2.45, 2.75) is 39.2 Å². The third-order valence-corrected chi connectivity index (χ3v) is 6.72. The summed E-state index contributed by atoms with van der Waals surface area (Å²) in [6.45, 7) is 6.79. The van der Waals surface area contributed by atoms with Crippen molar-refractivity contribution in [1.29, 1.82) is 0 Å². The summed E-state index contributed by atoms with van der Waals surface area (Å²) in [4.78, 5) is 0. The lowest BCUT2D eigenvalue weighted by Gasteiger charge is -2.31. The molecule has 2 aliphatic rings. The van der Waals surface area contributed by atoms with Crippen LogP contribution in [-0.2, 0) is 16.4 Å². The molecule has 4 nitrogen and oxygen atoms in total. The van der Waals surface area contributed by atoms with Gasteiger partial charge < -0.3 is 5.32 Å². The fourth-order valence-corrected chi connectivity index (χ4v) is 4.88. The Labute approximate surface area is 140 Å². The van der Waals surface area contributed by atoms with Crippen molar-refractivity contribution >= 4 is 10.0 Å². The number of nitrogens with one attached hydrogen (secondary N) is 1. The molecule has 1 heterocycles. The van der Waals surface area contributed by atoms with Crippen LogP contribution in [0.3, 0.4) is 0 Å². The van der Waals surface area contributed by atoms with Crippen LogP contribution >= 0.6 is 0 Å². The van der Waals surface area contributed by atoms with Crippen LogP contribution in [0, 0.1) is 18.8 Å². The van der Waals surface area contributed by atoms with E-state index in [-0.39, 0.29) is 0 Å². The van der Waals surface area contributed by atoms with Crippen molar-refractivity contribution in [2.75, 3.05) is 25.9 Å². The van der Waals surface area contributed by atoms with Crippen LogP contribution in [0.5, 0.6) is 0 Å². The molecule has 1 fully saturated rings. The lowest BCUT2D eigenvalue weighted by Crippen LogP contribution is -2.40. The molecule has 1 aromatic rings. The maximum Gasteiger partial charge on any atom is 0.211 e. The Morgan fingerprint density at radius 1 is 1.26 bits per heavy atom. The van der Waals surface area contributed by atoms with Gasteiger partial charge in [-0.1, -0.05) is 30.7 Å². The zero-order chi connectivity index (χ0) is 16.6. The molecular weight excluding hydrogens is 308 g/mol. The average Bonchev–Trinajstić information content (AvgIpc) is 2.79. The highest BCUT2D eigenvalue weighted by Gasteiger charge is 2.30. The van der Waals surface area contributed by atoms with Gasteiger partial charge in [-0.25, -0.2) is 12.7 Å². The topological polar surface area (TPSA) is 49.4 Å². The maximum absolute atomic E-state index is 11.6. The van der Waals surface area contributed by atoms with Crippen LogP contribution in [0.1, 0.15) is 42.5 Å². The number of benzene rings is 1. The fraction of sp³-hybridized carbons (Fsp3) is 0.667. The number of nitrogens with zero attached hydrogens (tertiary/aromatic N) is 1. The summed E-state index contributed by atoms with van der Waals surface area (Å²) in [6, 6.07) is 7.24. The zero-order valence-corrected chi connectivity index (χ0v) is 15.2. The Morgan fingerprint density at radius 3 is 2.61 bits per heavy atom. The summed E-state index contributed by atoms with van der Waals surface area (Å²) >= 11 is 0. The Balaban J connectivity index is 1.57. The van der Waals surface area contributed by atoms with Crippen LogP contribution < -0.4 is 5.32 Å². The molecule has 0 spiro atoms. The first-order valence-electron chi connectivity index (χ1n) is 8.62. The molecule has 1 N–H and O–H groups in total. The van der Waals surface area contributed by atoms with Gasteiger partial charge in [-0.05, 0) is 55.7 Å². The van der Waals surface area contributed by atoms with E-state index >= 15 is 0 Å². The van der Waals surface area contributed by atoms with E-state index in [9.17, 15) is 8.42 Å². The van der Waals surface area contributed by atoms with Gasteiger partial charge in [-0.3, -0.25) is 0 Å². The number of hydrogen-bond donors (Lipinski definition) is 1. The minimum atomic E-state index is -3.02. The Hall–Kier alpha value is -0.910. The second-order valence-corrected chi connectivity index (χ2v) is 9.36. The number of hydrogen-bond acceptors (Lipinski definition) is 3. The molecule has 3 rings (SSSR count). The van der Waals surface area contributed by atoms with Crippen LogP contribution in [-0.4, -0.2) is 38.6 Å². The monoisotopic (exact) mass is 336 g/mol. The van der Waals surface area contributed by atoms with Crippen molar-refractivity contribution in [2.24, 2.45) is 11.8 Å². The number of fused-ring (bicyclic) bond motifs is 1.